The number of ether oxygens (including phenoxy) is 4. The Morgan fingerprint density at radius 2 is 1.53 bits per heavy atom. The van der Waals surface area contributed by atoms with Gasteiger partial charge in [-0.1, -0.05) is 12.1 Å². The van der Waals surface area contributed by atoms with Crippen LogP contribution < -0.4 is 29.4 Å². The van der Waals surface area contributed by atoms with Crippen molar-refractivity contribution in [3.05, 3.63) is 47.5 Å². The molecule has 2 aromatic rings. The number of carboxylic acid groups (broad SMARTS) is 1. The summed E-state index contributed by atoms with van der Waals surface area (Å²) in [6.45, 7) is 3.81. The van der Waals surface area contributed by atoms with E-state index in [1.807, 2.05) is 13.8 Å². The smallest absolute Gasteiger partial charge is 0.252 e. The minimum absolute atomic E-state index is 0.00889. The third-order valence-corrected chi connectivity index (χ3v) is 4.26. The number of rotatable bonds is 10. The Morgan fingerprint density at radius 1 is 0.967 bits per heavy atom. The zero-order chi connectivity index (χ0) is 22.3. The van der Waals surface area contributed by atoms with Gasteiger partial charge >= 0.3 is 0 Å². The molecule has 0 fully saturated rings. The second kappa shape index (κ2) is 10.4. The molecule has 1 N–H and O–H groups in total. The van der Waals surface area contributed by atoms with Gasteiger partial charge in [0.1, 0.15) is 5.75 Å². The van der Waals surface area contributed by atoms with E-state index in [2.05, 4.69) is 5.32 Å². The van der Waals surface area contributed by atoms with Crippen molar-refractivity contribution >= 4 is 11.9 Å². The highest BCUT2D eigenvalue weighted by atomic mass is 16.5. The highest BCUT2D eigenvalue weighted by Crippen LogP contribution is 2.38. The maximum Gasteiger partial charge on any atom is 0.252 e. The minimum atomic E-state index is -1.28. The standard InChI is InChI=1S/C22H27NO7/c1-13(2)30-16-8-6-14(7-9-16)17(12-20(24)25)23-22(26)15-10-18(27-3)21(29-5)19(11-15)28-4/h6-11,13,17H,12H2,1-5H3,(H,23,26)(H,24,25)/p-1/t17-/m1/s1. The predicted molar refractivity (Wildman–Crippen MR) is 108 cm³/mol. The maximum absolute atomic E-state index is 12.9. The van der Waals surface area contributed by atoms with E-state index in [4.69, 9.17) is 18.9 Å². The van der Waals surface area contributed by atoms with E-state index in [0.29, 0.717) is 28.6 Å². The first-order valence-corrected chi connectivity index (χ1v) is 9.36. The molecule has 0 saturated heterocycles. The number of carbonyl (C=O) groups excluding carboxylic acids is 2. The number of carboxylic acids is 1. The van der Waals surface area contributed by atoms with Crippen molar-refractivity contribution in [3.63, 3.8) is 0 Å². The molecule has 2 aromatic carbocycles. The van der Waals surface area contributed by atoms with Crippen molar-refractivity contribution in [1.29, 1.82) is 0 Å². The molecule has 1 amide bonds. The van der Waals surface area contributed by atoms with Crippen molar-refractivity contribution in [1.82, 2.24) is 5.32 Å². The lowest BCUT2D eigenvalue weighted by atomic mass is 10.0. The molecule has 0 radical (unpaired) electrons. The van der Waals surface area contributed by atoms with Crippen molar-refractivity contribution in [2.24, 2.45) is 0 Å². The van der Waals surface area contributed by atoms with Crippen LogP contribution in [0, 0.1) is 0 Å². The Balaban J connectivity index is 2.30. The highest BCUT2D eigenvalue weighted by Gasteiger charge is 2.20. The van der Waals surface area contributed by atoms with E-state index in [-0.39, 0.29) is 18.1 Å². The molecule has 162 valence electrons. The average Bonchev–Trinajstić information content (AvgIpc) is 2.71. The molecule has 0 aliphatic heterocycles. The third kappa shape index (κ3) is 5.79. The van der Waals surface area contributed by atoms with Crippen LogP contribution in [0.4, 0.5) is 0 Å². The second-order valence-corrected chi connectivity index (χ2v) is 6.75. The lowest BCUT2D eigenvalue weighted by Crippen LogP contribution is -2.34. The van der Waals surface area contributed by atoms with Gasteiger partial charge in [-0.2, -0.15) is 0 Å². The third-order valence-electron chi connectivity index (χ3n) is 4.26. The number of aliphatic carboxylic acids is 1. The van der Waals surface area contributed by atoms with Crippen molar-refractivity contribution in [3.8, 4) is 23.0 Å². The largest absolute Gasteiger partial charge is 0.550 e. The van der Waals surface area contributed by atoms with Gasteiger partial charge in [0.2, 0.25) is 5.75 Å². The Hall–Kier alpha value is -3.42. The molecule has 0 unspecified atom stereocenters. The van der Waals surface area contributed by atoms with E-state index in [9.17, 15) is 14.7 Å². The lowest BCUT2D eigenvalue weighted by molar-refractivity contribution is -0.306. The summed E-state index contributed by atoms with van der Waals surface area (Å²) >= 11 is 0. The minimum Gasteiger partial charge on any atom is -0.550 e. The van der Waals surface area contributed by atoms with Crippen LogP contribution >= 0.6 is 0 Å². The SMILES string of the molecule is COc1cc(C(=O)N[C@H](CC(=O)[O-])c2ccc(OC(C)C)cc2)cc(OC)c1OC. The molecule has 0 heterocycles. The van der Waals surface area contributed by atoms with Gasteiger partial charge in [0.25, 0.3) is 5.91 Å². The molecular weight excluding hydrogens is 390 g/mol. The van der Waals surface area contributed by atoms with Crippen LogP contribution in [0.5, 0.6) is 23.0 Å². The number of amides is 1. The van der Waals surface area contributed by atoms with Gasteiger partial charge in [0.05, 0.1) is 33.5 Å². The Morgan fingerprint density at radius 3 is 1.97 bits per heavy atom. The number of methoxy groups -OCH3 is 3. The van der Waals surface area contributed by atoms with E-state index in [0.717, 1.165) is 0 Å². The van der Waals surface area contributed by atoms with E-state index < -0.39 is 17.9 Å². The van der Waals surface area contributed by atoms with Gasteiger partial charge in [-0.15, -0.1) is 0 Å². The first kappa shape index (κ1) is 22.9. The number of benzene rings is 2. The van der Waals surface area contributed by atoms with Crippen LogP contribution in [0.2, 0.25) is 0 Å². The molecule has 1 atom stereocenters. The van der Waals surface area contributed by atoms with E-state index in [1.54, 1.807) is 24.3 Å². The summed E-state index contributed by atoms with van der Waals surface area (Å²) in [6.07, 6.45) is -0.379. The van der Waals surface area contributed by atoms with E-state index in [1.165, 1.54) is 33.5 Å². The molecule has 2 rings (SSSR count). The summed E-state index contributed by atoms with van der Waals surface area (Å²) < 4.78 is 21.4. The average molecular weight is 416 g/mol. The van der Waals surface area contributed by atoms with Gasteiger partial charge in [-0.05, 0) is 43.7 Å². The fourth-order valence-electron chi connectivity index (χ4n) is 2.92. The van der Waals surface area contributed by atoms with Gasteiger partial charge in [0.15, 0.2) is 11.5 Å². The summed E-state index contributed by atoms with van der Waals surface area (Å²) in [5, 5.41) is 14.0. The molecule has 30 heavy (non-hydrogen) atoms. The molecule has 8 nitrogen and oxygen atoms in total. The molecule has 0 saturated carbocycles. The Kier molecular flexibility index (Phi) is 7.91. The van der Waals surface area contributed by atoms with Crippen LogP contribution in [0.15, 0.2) is 36.4 Å². The summed E-state index contributed by atoms with van der Waals surface area (Å²) in [5.41, 5.74) is 0.837. The molecule has 0 aliphatic carbocycles. The molecule has 8 heteroatoms. The number of nitrogens with one attached hydrogen (secondary N) is 1. The molecular formula is C22H26NO7-. The van der Waals surface area contributed by atoms with E-state index >= 15 is 0 Å². The van der Waals surface area contributed by atoms with Gasteiger partial charge in [0, 0.05) is 18.0 Å². The zero-order valence-corrected chi connectivity index (χ0v) is 17.7. The van der Waals surface area contributed by atoms with Crippen LogP contribution in [0.25, 0.3) is 0 Å². The fourth-order valence-corrected chi connectivity index (χ4v) is 2.92. The Labute approximate surface area is 175 Å². The van der Waals surface area contributed by atoms with Crippen LogP contribution in [-0.2, 0) is 4.79 Å². The molecule has 0 aliphatic rings. The number of hydrogen-bond acceptors (Lipinski definition) is 7. The first-order chi connectivity index (χ1) is 14.3. The molecule has 0 spiro atoms. The quantitative estimate of drug-likeness (QED) is 0.632. The maximum atomic E-state index is 12.9. The lowest BCUT2D eigenvalue weighted by Gasteiger charge is -2.21. The first-order valence-electron chi connectivity index (χ1n) is 9.36. The van der Waals surface area contributed by atoms with Crippen molar-refractivity contribution in [2.45, 2.75) is 32.4 Å². The topological polar surface area (TPSA) is 106 Å². The van der Waals surface area contributed by atoms with Crippen LogP contribution in [0.3, 0.4) is 0 Å². The molecule has 0 bridgehead atoms. The van der Waals surface area contributed by atoms with Gasteiger partial charge < -0.3 is 34.2 Å². The summed E-state index contributed by atoms with van der Waals surface area (Å²) in [6, 6.07) is 9.06. The van der Waals surface area contributed by atoms with Gasteiger partial charge in [-0.3, -0.25) is 4.79 Å². The number of carbonyl (C=O) groups is 2. The summed E-state index contributed by atoms with van der Waals surface area (Å²) in [4.78, 5) is 24.1. The zero-order valence-electron chi connectivity index (χ0n) is 17.7. The van der Waals surface area contributed by atoms with Crippen molar-refractivity contribution in [2.75, 3.05) is 21.3 Å². The number of hydrogen-bond donors (Lipinski definition) is 1. The molecule has 0 aromatic heterocycles. The summed E-state index contributed by atoms with van der Waals surface area (Å²) in [7, 11) is 4.35. The van der Waals surface area contributed by atoms with Crippen LogP contribution in [-0.4, -0.2) is 39.3 Å². The van der Waals surface area contributed by atoms with Crippen LogP contribution in [0.1, 0.15) is 42.2 Å². The Bertz CT molecular complexity index is 853. The normalized spacial score (nSPS) is 11.5. The van der Waals surface area contributed by atoms with Gasteiger partial charge in [-0.25, -0.2) is 0 Å². The second-order valence-electron chi connectivity index (χ2n) is 6.75. The van der Waals surface area contributed by atoms with Crippen molar-refractivity contribution < 1.29 is 33.6 Å². The monoisotopic (exact) mass is 416 g/mol. The fraction of sp³-hybridized carbons (Fsp3) is 0.364. The highest BCUT2D eigenvalue weighted by molar-refractivity contribution is 5.96. The summed E-state index contributed by atoms with van der Waals surface area (Å²) in [5.74, 6) is -0.154. The predicted octanol–water partition coefficient (Wildman–Crippen LogP) is 2.11.